The molecule has 0 bridgehead atoms. The quantitative estimate of drug-likeness (QED) is 0.322. The molecule has 34 heavy (non-hydrogen) atoms. The van der Waals surface area contributed by atoms with Crippen LogP contribution in [0, 0.1) is 13.8 Å². The van der Waals surface area contributed by atoms with Gasteiger partial charge in [0, 0.05) is 23.6 Å². The number of aliphatic carboxylic acids is 2. The van der Waals surface area contributed by atoms with Gasteiger partial charge in [-0.2, -0.15) is 0 Å². The van der Waals surface area contributed by atoms with E-state index in [0.29, 0.717) is 6.61 Å². The second-order valence-electron chi connectivity index (χ2n) is 7.54. The Hall–Kier alpha value is -3.78. The summed E-state index contributed by atoms with van der Waals surface area (Å²) in [5, 5.41) is 18.4. The smallest absolute Gasteiger partial charge is 0.414 e. The van der Waals surface area contributed by atoms with E-state index >= 15 is 0 Å². The minimum Gasteiger partial charge on any atom is -0.497 e. The number of rotatable bonds is 9. The van der Waals surface area contributed by atoms with Crippen molar-refractivity contribution in [2.75, 3.05) is 20.3 Å². The van der Waals surface area contributed by atoms with Gasteiger partial charge < -0.3 is 29.6 Å². The molecular weight excluding hydrogens is 436 g/mol. The normalized spacial score (nSPS) is 10.2. The topological polar surface area (TPSA) is 110 Å². The Balaban J connectivity index is 0.000000604. The highest BCUT2D eigenvalue weighted by molar-refractivity contribution is 6.27. The average molecular weight is 469 g/mol. The number of nitrogens with one attached hydrogen (secondary N) is 1. The molecule has 3 rings (SSSR count). The number of benzene rings is 2. The molecule has 3 aromatic rings. The van der Waals surface area contributed by atoms with Crippen molar-refractivity contribution in [3.05, 3.63) is 77.1 Å². The summed E-state index contributed by atoms with van der Waals surface area (Å²) in [4.78, 5) is 18.2. The van der Waals surface area contributed by atoms with E-state index in [1.54, 1.807) is 7.11 Å². The van der Waals surface area contributed by atoms with E-state index in [1.807, 2.05) is 31.2 Å². The maximum atomic E-state index is 9.10. The van der Waals surface area contributed by atoms with Crippen molar-refractivity contribution in [3.8, 4) is 17.2 Å². The maximum Gasteiger partial charge on any atom is 0.414 e. The third-order valence-electron chi connectivity index (χ3n) is 5.19. The van der Waals surface area contributed by atoms with Crippen molar-refractivity contribution in [1.29, 1.82) is 0 Å². The summed E-state index contributed by atoms with van der Waals surface area (Å²) in [6.07, 6.45) is 1.00. The van der Waals surface area contributed by atoms with E-state index < -0.39 is 11.9 Å². The van der Waals surface area contributed by atoms with Crippen molar-refractivity contribution >= 4 is 11.9 Å². The molecular formula is C26H32N2O6. The molecule has 0 atom stereocenters. The van der Waals surface area contributed by atoms with Gasteiger partial charge in [0.05, 0.1) is 13.7 Å². The van der Waals surface area contributed by atoms with E-state index in [9.17, 15) is 0 Å². The van der Waals surface area contributed by atoms with Crippen LogP contribution in [0.4, 0.5) is 0 Å². The molecule has 1 heterocycles. The van der Waals surface area contributed by atoms with Crippen LogP contribution < -0.4 is 14.8 Å². The highest BCUT2D eigenvalue weighted by atomic mass is 16.5. The number of carboxylic acid groups (broad SMARTS) is 2. The van der Waals surface area contributed by atoms with Crippen molar-refractivity contribution < 1.29 is 29.3 Å². The molecule has 0 saturated carbocycles. The third-order valence-corrected chi connectivity index (χ3v) is 5.19. The second kappa shape index (κ2) is 13.1. The molecule has 0 unspecified atom stereocenters. The molecule has 0 amide bonds. The lowest BCUT2D eigenvalue weighted by molar-refractivity contribution is -0.159. The van der Waals surface area contributed by atoms with Crippen LogP contribution in [0.3, 0.4) is 0 Å². The maximum absolute atomic E-state index is 9.10. The van der Waals surface area contributed by atoms with Crippen LogP contribution >= 0.6 is 0 Å². The molecule has 2 aromatic carbocycles. The first kappa shape index (κ1) is 26.5. The van der Waals surface area contributed by atoms with Gasteiger partial charge in [-0.15, -0.1) is 0 Å². The first-order chi connectivity index (χ1) is 16.3. The Morgan fingerprint density at radius 3 is 2.06 bits per heavy atom. The fourth-order valence-electron chi connectivity index (χ4n) is 3.51. The Bertz CT molecular complexity index is 1060. The van der Waals surface area contributed by atoms with Gasteiger partial charge in [0.2, 0.25) is 0 Å². The highest BCUT2D eigenvalue weighted by Crippen LogP contribution is 2.23. The van der Waals surface area contributed by atoms with Gasteiger partial charge in [-0.25, -0.2) is 9.59 Å². The monoisotopic (exact) mass is 468 g/mol. The number of nitrogens with zero attached hydrogens (tertiary/aromatic N) is 1. The van der Waals surface area contributed by atoms with Crippen LogP contribution in [0.25, 0.3) is 5.69 Å². The van der Waals surface area contributed by atoms with E-state index in [-0.39, 0.29) is 0 Å². The zero-order chi connectivity index (χ0) is 25.1. The summed E-state index contributed by atoms with van der Waals surface area (Å²) in [7, 11) is 1.69. The summed E-state index contributed by atoms with van der Waals surface area (Å²) in [6, 6.07) is 18.8. The Morgan fingerprint density at radius 2 is 1.53 bits per heavy atom. The Labute approximate surface area is 199 Å². The molecule has 0 radical (unpaired) electrons. The highest BCUT2D eigenvalue weighted by Gasteiger charge is 2.10. The van der Waals surface area contributed by atoms with Crippen LogP contribution in [-0.2, 0) is 22.6 Å². The van der Waals surface area contributed by atoms with Gasteiger partial charge in [0.15, 0.2) is 0 Å². The SMILES string of the molecule is CCOc1ccc(-n2c(C)cc(CNCCc3ccc(OC)cc3)c2C)cc1.O=C(O)C(=O)O. The number of carboxylic acids is 2. The Kier molecular flexibility index (Phi) is 10.2. The first-order valence-corrected chi connectivity index (χ1v) is 11.0. The molecule has 0 aliphatic carbocycles. The van der Waals surface area contributed by atoms with Gasteiger partial charge in [-0.1, -0.05) is 12.1 Å². The van der Waals surface area contributed by atoms with Gasteiger partial charge in [0.25, 0.3) is 0 Å². The summed E-state index contributed by atoms with van der Waals surface area (Å²) in [5.41, 5.74) is 6.34. The van der Waals surface area contributed by atoms with Crippen molar-refractivity contribution in [2.24, 2.45) is 0 Å². The summed E-state index contributed by atoms with van der Waals surface area (Å²) < 4.78 is 13.1. The van der Waals surface area contributed by atoms with Crippen molar-refractivity contribution in [1.82, 2.24) is 9.88 Å². The number of hydrogen-bond donors (Lipinski definition) is 3. The van der Waals surface area contributed by atoms with E-state index in [0.717, 1.165) is 31.0 Å². The molecule has 0 aliphatic rings. The first-order valence-electron chi connectivity index (χ1n) is 11.0. The zero-order valence-electron chi connectivity index (χ0n) is 20.0. The summed E-state index contributed by atoms with van der Waals surface area (Å²) in [5.74, 6) is -1.84. The second-order valence-corrected chi connectivity index (χ2v) is 7.54. The average Bonchev–Trinajstić information content (AvgIpc) is 3.11. The molecule has 0 saturated heterocycles. The fraction of sp³-hybridized carbons (Fsp3) is 0.308. The van der Waals surface area contributed by atoms with Crippen LogP contribution in [-0.4, -0.2) is 47.0 Å². The standard InChI is InChI=1S/C24H30N2O2.C2H2O4/c1-5-28-24-12-8-22(9-13-24)26-18(2)16-21(19(26)3)17-25-15-14-20-6-10-23(27-4)11-7-20;3-1(4)2(5)6/h6-13,16,25H,5,14-15,17H2,1-4H3;(H,3,4)(H,5,6). The number of aromatic nitrogens is 1. The fourth-order valence-corrected chi connectivity index (χ4v) is 3.51. The third kappa shape index (κ3) is 7.67. The minimum absolute atomic E-state index is 0.688. The van der Waals surface area contributed by atoms with Crippen LogP contribution in [0.5, 0.6) is 11.5 Å². The minimum atomic E-state index is -1.82. The molecule has 0 aliphatic heterocycles. The number of methoxy groups -OCH3 is 1. The van der Waals surface area contributed by atoms with Gasteiger partial charge in [-0.3, -0.25) is 0 Å². The van der Waals surface area contributed by atoms with Crippen molar-refractivity contribution in [2.45, 2.75) is 33.7 Å². The van der Waals surface area contributed by atoms with Crippen molar-refractivity contribution in [3.63, 3.8) is 0 Å². The van der Waals surface area contributed by atoms with Crippen LogP contribution in [0.2, 0.25) is 0 Å². The molecule has 0 fully saturated rings. The molecule has 1 aromatic heterocycles. The Morgan fingerprint density at radius 1 is 0.941 bits per heavy atom. The lowest BCUT2D eigenvalue weighted by Gasteiger charge is -2.11. The number of ether oxygens (including phenoxy) is 2. The predicted molar refractivity (Wildman–Crippen MR) is 130 cm³/mol. The number of aryl methyl sites for hydroxylation is 1. The van der Waals surface area contributed by atoms with E-state index in [2.05, 4.69) is 54.1 Å². The van der Waals surface area contributed by atoms with Crippen LogP contribution in [0.1, 0.15) is 29.4 Å². The van der Waals surface area contributed by atoms with Gasteiger partial charge in [0.1, 0.15) is 11.5 Å². The lowest BCUT2D eigenvalue weighted by Crippen LogP contribution is -2.17. The van der Waals surface area contributed by atoms with Gasteiger partial charge in [-0.05, 0) is 87.3 Å². The zero-order valence-corrected chi connectivity index (χ0v) is 20.0. The lowest BCUT2D eigenvalue weighted by atomic mass is 10.1. The molecule has 8 heteroatoms. The summed E-state index contributed by atoms with van der Waals surface area (Å²) in [6.45, 7) is 8.84. The van der Waals surface area contributed by atoms with Gasteiger partial charge >= 0.3 is 11.9 Å². The van der Waals surface area contributed by atoms with Crippen LogP contribution in [0.15, 0.2) is 54.6 Å². The molecule has 8 nitrogen and oxygen atoms in total. The predicted octanol–water partition coefficient (Wildman–Crippen LogP) is 3.99. The largest absolute Gasteiger partial charge is 0.497 e. The number of hydrogen-bond acceptors (Lipinski definition) is 5. The molecule has 182 valence electrons. The van der Waals surface area contributed by atoms with E-state index in [4.69, 9.17) is 29.3 Å². The van der Waals surface area contributed by atoms with E-state index in [1.165, 1.54) is 28.2 Å². The summed E-state index contributed by atoms with van der Waals surface area (Å²) >= 11 is 0. The molecule has 0 spiro atoms. The number of carbonyl (C=O) groups is 2. The molecule has 3 N–H and O–H groups in total.